The lowest BCUT2D eigenvalue weighted by molar-refractivity contribution is 0.0695. The van der Waals surface area contributed by atoms with Gasteiger partial charge in [0, 0.05) is 18.7 Å². The van der Waals surface area contributed by atoms with E-state index in [2.05, 4.69) is 0 Å². The molecule has 2 aromatic rings. The molecule has 8 heteroatoms. The summed E-state index contributed by atoms with van der Waals surface area (Å²) in [6.07, 6.45) is 0. The molecular formula is C19H19NO6S. The number of sulfonamides is 1. The van der Waals surface area contributed by atoms with Gasteiger partial charge in [0.15, 0.2) is 5.78 Å². The average molecular weight is 389 g/mol. The lowest BCUT2D eigenvalue weighted by atomic mass is 9.96. The first-order chi connectivity index (χ1) is 12.8. The number of aromatic carboxylic acids is 1. The van der Waals surface area contributed by atoms with Crippen molar-refractivity contribution in [3.05, 3.63) is 53.6 Å². The van der Waals surface area contributed by atoms with E-state index in [1.165, 1.54) is 23.4 Å². The van der Waals surface area contributed by atoms with Gasteiger partial charge in [0.25, 0.3) is 0 Å². The minimum Gasteiger partial charge on any atom is -0.478 e. The monoisotopic (exact) mass is 389 g/mol. The molecule has 0 spiro atoms. The van der Waals surface area contributed by atoms with Gasteiger partial charge in [-0.15, -0.1) is 0 Å². The molecule has 0 aromatic heterocycles. The number of carbonyl (C=O) groups is 2. The van der Waals surface area contributed by atoms with Gasteiger partial charge in [-0.25, -0.2) is 13.2 Å². The van der Waals surface area contributed by atoms with Gasteiger partial charge in [-0.2, -0.15) is 4.31 Å². The molecule has 0 unspecified atom stereocenters. The molecule has 7 nitrogen and oxygen atoms in total. The number of Topliss-reactive ketones (excluding diaryl/α,β-unsaturated/α-hetero) is 1. The highest BCUT2D eigenvalue weighted by molar-refractivity contribution is 7.89. The van der Waals surface area contributed by atoms with Crippen molar-refractivity contribution in [3.8, 4) is 11.1 Å². The second-order valence-electron chi connectivity index (χ2n) is 6.17. The van der Waals surface area contributed by atoms with Crippen LogP contribution < -0.4 is 0 Å². The SMILES string of the molecule is CC(=O)c1ccccc1-c1cc(C(=O)O)cc(S(=O)(=O)N2CCOCC2)c1. The van der Waals surface area contributed by atoms with Gasteiger partial charge in [0.1, 0.15) is 0 Å². The van der Waals surface area contributed by atoms with Gasteiger partial charge in [-0.1, -0.05) is 24.3 Å². The highest BCUT2D eigenvalue weighted by Crippen LogP contribution is 2.29. The maximum Gasteiger partial charge on any atom is 0.335 e. The van der Waals surface area contributed by atoms with E-state index in [4.69, 9.17) is 4.74 Å². The summed E-state index contributed by atoms with van der Waals surface area (Å²) in [4.78, 5) is 23.4. The minimum absolute atomic E-state index is 0.113. The van der Waals surface area contributed by atoms with Crippen molar-refractivity contribution in [2.24, 2.45) is 0 Å². The smallest absolute Gasteiger partial charge is 0.335 e. The number of morpholine rings is 1. The third-order valence-electron chi connectivity index (χ3n) is 4.38. The van der Waals surface area contributed by atoms with Crippen LogP contribution in [0.2, 0.25) is 0 Å². The van der Waals surface area contributed by atoms with E-state index in [-0.39, 0.29) is 42.5 Å². The fourth-order valence-corrected chi connectivity index (χ4v) is 4.48. The molecule has 0 saturated carbocycles. The molecule has 0 bridgehead atoms. The molecule has 142 valence electrons. The number of hydrogen-bond donors (Lipinski definition) is 1. The number of ketones is 1. The molecular weight excluding hydrogens is 370 g/mol. The van der Waals surface area contributed by atoms with Crippen LogP contribution in [0, 0.1) is 0 Å². The molecule has 27 heavy (non-hydrogen) atoms. The summed E-state index contributed by atoms with van der Waals surface area (Å²) >= 11 is 0. The summed E-state index contributed by atoms with van der Waals surface area (Å²) in [7, 11) is -3.88. The van der Waals surface area contributed by atoms with Crippen molar-refractivity contribution in [3.63, 3.8) is 0 Å². The largest absolute Gasteiger partial charge is 0.478 e. The molecule has 0 radical (unpaired) electrons. The van der Waals surface area contributed by atoms with Crippen LogP contribution in [0.3, 0.4) is 0 Å². The standard InChI is InChI=1S/C19H19NO6S/c1-13(21)17-4-2-3-5-18(17)14-10-15(19(22)23)12-16(11-14)27(24,25)20-6-8-26-9-7-20/h2-5,10-12H,6-9H2,1H3,(H,22,23). The van der Waals surface area contributed by atoms with Crippen LogP contribution in [0.4, 0.5) is 0 Å². The van der Waals surface area contributed by atoms with Gasteiger partial charge in [-0.3, -0.25) is 4.79 Å². The summed E-state index contributed by atoms with van der Waals surface area (Å²) in [6.45, 7) is 2.40. The number of hydrogen-bond acceptors (Lipinski definition) is 5. The zero-order valence-corrected chi connectivity index (χ0v) is 15.5. The minimum atomic E-state index is -3.88. The quantitative estimate of drug-likeness (QED) is 0.788. The molecule has 1 N–H and O–H groups in total. The van der Waals surface area contributed by atoms with Crippen LogP contribution in [-0.2, 0) is 14.8 Å². The van der Waals surface area contributed by atoms with E-state index in [0.717, 1.165) is 6.07 Å². The summed E-state index contributed by atoms with van der Waals surface area (Å²) in [5.41, 5.74) is 1.10. The molecule has 1 aliphatic heterocycles. The van der Waals surface area contributed by atoms with Crippen LogP contribution in [0.15, 0.2) is 47.4 Å². The maximum atomic E-state index is 13.0. The van der Waals surface area contributed by atoms with Crippen molar-refractivity contribution in [1.29, 1.82) is 0 Å². The van der Waals surface area contributed by atoms with E-state index < -0.39 is 16.0 Å². The predicted octanol–water partition coefficient (Wildman–Crippen LogP) is 2.28. The van der Waals surface area contributed by atoms with Gasteiger partial charge in [0.2, 0.25) is 10.0 Å². The van der Waals surface area contributed by atoms with Crippen LogP contribution in [0.1, 0.15) is 27.6 Å². The van der Waals surface area contributed by atoms with Gasteiger partial charge < -0.3 is 9.84 Å². The van der Waals surface area contributed by atoms with E-state index in [0.29, 0.717) is 16.7 Å². The summed E-state index contributed by atoms with van der Waals surface area (Å²) < 4.78 is 32.4. The van der Waals surface area contributed by atoms with Crippen molar-refractivity contribution in [2.75, 3.05) is 26.3 Å². The first-order valence-corrected chi connectivity index (χ1v) is 9.81. The summed E-state index contributed by atoms with van der Waals surface area (Å²) in [5, 5.41) is 9.44. The van der Waals surface area contributed by atoms with E-state index in [1.54, 1.807) is 24.3 Å². The van der Waals surface area contributed by atoms with E-state index in [9.17, 15) is 23.1 Å². The summed E-state index contributed by atoms with van der Waals surface area (Å²) in [6, 6.07) is 10.6. The third kappa shape index (κ3) is 3.92. The number of rotatable bonds is 5. The molecule has 0 aliphatic carbocycles. The Labute approximate surface area is 157 Å². The maximum absolute atomic E-state index is 13.0. The van der Waals surface area contributed by atoms with E-state index in [1.807, 2.05) is 0 Å². The highest BCUT2D eigenvalue weighted by atomic mass is 32.2. The molecule has 3 rings (SSSR count). The van der Waals surface area contributed by atoms with Crippen LogP contribution in [-0.4, -0.2) is 55.9 Å². The molecule has 0 atom stereocenters. The normalized spacial score (nSPS) is 15.4. The average Bonchev–Trinajstić information content (AvgIpc) is 2.68. The molecule has 0 amide bonds. The zero-order valence-electron chi connectivity index (χ0n) is 14.7. The Bertz CT molecular complexity index is 993. The number of carboxylic acids is 1. The van der Waals surface area contributed by atoms with Crippen LogP contribution in [0.5, 0.6) is 0 Å². The highest BCUT2D eigenvalue weighted by Gasteiger charge is 2.28. The fraction of sp³-hybridized carbons (Fsp3) is 0.263. The van der Waals surface area contributed by atoms with E-state index >= 15 is 0 Å². The third-order valence-corrected chi connectivity index (χ3v) is 6.26. The van der Waals surface area contributed by atoms with Gasteiger partial charge in [0.05, 0.1) is 23.7 Å². The predicted molar refractivity (Wildman–Crippen MR) is 98.4 cm³/mol. The number of carbonyl (C=O) groups excluding carboxylic acids is 1. The lowest BCUT2D eigenvalue weighted by Crippen LogP contribution is -2.40. The molecule has 1 fully saturated rings. The Kier molecular flexibility index (Phi) is 5.41. The molecule has 2 aromatic carbocycles. The molecule has 1 saturated heterocycles. The second-order valence-corrected chi connectivity index (χ2v) is 8.11. The Morgan fingerprint density at radius 2 is 1.74 bits per heavy atom. The van der Waals surface area contributed by atoms with Crippen molar-refractivity contribution < 1.29 is 27.9 Å². The van der Waals surface area contributed by atoms with Gasteiger partial charge in [-0.05, 0) is 36.2 Å². The van der Waals surface area contributed by atoms with Crippen LogP contribution >= 0.6 is 0 Å². The Balaban J connectivity index is 2.18. The number of ether oxygens (including phenoxy) is 1. The Morgan fingerprint density at radius 1 is 1.07 bits per heavy atom. The van der Waals surface area contributed by atoms with Crippen molar-refractivity contribution in [2.45, 2.75) is 11.8 Å². The van der Waals surface area contributed by atoms with Crippen molar-refractivity contribution in [1.82, 2.24) is 4.31 Å². The number of carboxylic acid groups (broad SMARTS) is 1. The van der Waals surface area contributed by atoms with Crippen LogP contribution in [0.25, 0.3) is 11.1 Å². The molecule has 1 heterocycles. The fourth-order valence-electron chi connectivity index (χ4n) is 3.00. The lowest BCUT2D eigenvalue weighted by Gasteiger charge is -2.26. The Morgan fingerprint density at radius 3 is 2.37 bits per heavy atom. The van der Waals surface area contributed by atoms with Crippen molar-refractivity contribution >= 4 is 21.8 Å². The zero-order chi connectivity index (χ0) is 19.6. The molecule has 1 aliphatic rings. The second kappa shape index (κ2) is 7.59. The number of nitrogens with zero attached hydrogens (tertiary/aromatic N) is 1. The number of benzene rings is 2. The topological polar surface area (TPSA) is 101 Å². The van der Waals surface area contributed by atoms with Gasteiger partial charge >= 0.3 is 5.97 Å². The first-order valence-electron chi connectivity index (χ1n) is 8.37. The Hall–Kier alpha value is -2.55. The first kappa shape index (κ1) is 19.2. The summed E-state index contributed by atoms with van der Waals surface area (Å²) in [5.74, 6) is -1.43.